The second-order valence-electron chi connectivity index (χ2n) is 3.61. The SMILES string of the molecule is C[C@@H]1[C@@H](Br)C(=O)ON1Cc1ccccc1. The second-order valence-corrected chi connectivity index (χ2v) is 4.60. The summed E-state index contributed by atoms with van der Waals surface area (Å²) < 4.78 is 0. The van der Waals surface area contributed by atoms with Gasteiger partial charge in [0, 0.05) is 0 Å². The molecular formula is C11H12BrNO2. The van der Waals surface area contributed by atoms with Gasteiger partial charge in [-0.25, -0.2) is 4.79 Å². The number of alkyl halides is 1. The fourth-order valence-electron chi connectivity index (χ4n) is 1.53. The molecule has 0 spiro atoms. The van der Waals surface area contributed by atoms with Crippen LogP contribution in [0.2, 0.25) is 0 Å². The Balaban J connectivity index is 2.05. The molecule has 15 heavy (non-hydrogen) atoms. The van der Waals surface area contributed by atoms with Gasteiger partial charge < -0.3 is 4.84 Å². The van der Waals surface area contributed by atoms with Crippen molar-refractivity contribution in [3.63, 3.8) is 0 Å². The topological polar surface area (TPSA) is 29.5 Å². The predicted molar refractivity (Wildman–Crippen MR) is 60.3 cm³/mol. The standard InChI is InChI=1S/C11H12BrNO2/c1-8-10(12)11(14)15-13(8)7-9-5-3-2-4-6-9/h2-6,8,10H,7H2,1H3/t8-,10-/m1/s1. The molecule has 0 N–H and O–H groups in total. The first-order valence-corrected chi connectivity index (χ1v) is 5.76. The van der Waals surface area contributed by atoms with Gasteiger partial charge in [-0.2, -0.15) is 0 Å². The Labute approximate surface area is 97.1 Å². The molecule has 0 aromatic heterocycles. The zero-order valence-electron chi connectivity index (χ0n) is 8.39. The molecule has 0 saturated carbocycles. The molecule has 1 fully saturated rings. The normalized spacial score (nSPS) is 26.7. The van der Waals surface area contributed by atoms with E-state index in [1.54, 1.807) is 5.06 Å². The molecule has 0 bridgehead atoms. The molecular weight excluding hydrogens is 258 g/mol. The number of hydrogen-bond acceptors (Lipinski definition) is 3. The highest BCUT2D eigenvalue weighted by Gasteiger charge is 2.38. The molecule has 1 saturated heterocycles. The number of benzene rings is 1. The van der Waals surface area contributed by atoms with Crippen molar-refractivity contribution in [1.29, 1.82) is 0 Å². The first-order valence-electron chi connectivity index (χ1n) is 4.85. The van der Waals surface area contributed by atoms with Crippen molar-refractivity contribution < 1.29 is 9.63 Å². The van der Waals surface area contributed by atoms with Crippen LogP contribution in [0.4, 0.5) is 0 Å². The molecule has 0 amide bonds. The highest BCUT2D eigenvalue weighted by Crippen LogP contribution is 2.24. The summed E-state index contributed by atoms with van der Waals surface area (Å²) in [6.07, 6.45) is 0. The van der Waals surface area contributed by atoms with Crippen LogP contribution < -0.4 is 0 Å². The Morgan fingerprint density at radius 3 is 2.60 bits per heavy atom. The van der Waals surface area contributed by atoms with Crippen LogP contribution in [-0.2, 0) is 16.2 Å². The van der Waals surface area contributed by atoms with Crippen LogP contribution in [-0.4, -0.2) is 21.9 Å². The summed E-state index contributed by atoms with van der Waals surface area (Å²) in [6.45, 7) is 2.60. The zero-order chi connectivity index (χ0) is 10.8. The lowest BCUT2D eigenvalue weighted by Gasteiger charge is -2.18. The average Bonchev–Trinajstić information content (AvgIpc) is 2.48. The monoisotopic (exact) mass is 269 g/mol. The first-order chi connectivity index (χ1) is 7.18. The molecule has 80 valence electrons. The molecule has 1 aliphatic rings. The van der Waals surface area contributed by atoms with E-state index in [4.69, 9.17) is 4.84 Å². The lowest BCUT2D eigenvalue weighted by atomic mass is 10.2. The van der Waals surface area contributed by atoms with E-state index in [1.165, 1.54) is 0 Å². The lowest BCUT2D eigenvalue weighted by Crippen LogP contribution is -2.28. The van der Waals surface area contributed by atoms with E-state index in [-0.39, 0.29) is 16.8 Å². The van der Waals surface area contributed by atoms with E-state index >= 15 is 0 Å². The van der Waals surface area contributed by atoms with E-state index in [0.29, 0.717) is 6.54 Å². The highest BCUT2D eigenvalue weighted by atomic mass is 79.9. The first kappa shape index (κ1) is 10.6. The molecule has 1 aromatic rings. The van der Waals surface area contributed by atoms with E-state index in [9.17, 15) is 4.79 Å². The molecule has 1 heterocycles. The summed E-state index contributed by atoms with van der Waals surface area (Å²) in [4.78, 5) is 16.2. The minimum Gasteiger partial charge on any atom is -0.366 e. The number of nitrogens with zero attached hydrogens (tertiary/aromatic N) is 1. The van der Waals surface area contributed by atoms with Crippen LogP contribution in [0.1, 0.15) is 12.5 Å². The summed E-state index contributed by atoms with van der Waals surface area (Å²) in [5.41, 5.74) is 1.14. The Bertz CT molecular complexity index is 355. The van der Waals surface area contributed by atoms with Crippen LogP contribution in [0.15, 0.2) is 30.3 Å². The van der Waals surface area contributed by atoms with Crippen LogP contribution >= 0.6 is 15.9 Å². The molecule has 1 aliphatic heterocycles. The fourth-order valence-corrected chi connectivity index (χ4v) is 1.88. The van der Waals surface area contributed by atoms with Gasteiger partial charge >= 0.3 is 5.97 Å². The van der Waals surface area contributed by atoms with Gasteiger partial charge in [0.15, 0.2) is 0 Å². The summed E-state index contributed by atoms with van der Waals surface area (Å²) in [6, 6.07) is 10.0. The smallest absolute Gasteiger partial charge is 0.340 e. The number of hydrogen-bond donors (Lipinski definition) is 0. The Morgan fingerprint density at radius 1 is 1.40 bits per heavy atom. The van der Waals surface area contributed by atoms with Crippen molar-refractivity contribution in [3.05, 3.63) is 35.9 Å². The maximum atomic E-state index is 11.3. The number of carbonyl (C=O) groups excluding carboxylic acids is 1. The third-order valence-electron chi connectivity index (χ3n) is 2.49. The third-order valence-corrected chi connectivity index (χ3v) is 3.63. The van der Waals surface area contributed by atoms with Crippen LogP contribution in [0.5, 0.6) is 0 Å². The highest BCUT2D eigenvalue weighted by molar-refractivity contribution is 9.10. The quantitative estimate of drug-likeness (QED) is 0.771. The van der Waals surface area contributed by atoms with Crippen molar-refractivity contribution in [2.24, 2.45) is 0 Å². The van der Waals surface area contributed by atoms with Gasteiger partial charge in [-0.1, -0.05) is 46.3 Å². The van der Waals surface area contributed by atoms with Crippen molar-refractivity contribution in [2.45, 2.75) is 24.3 Å². The van der Waals surface area contributed by atoms with Crippen LogP contribution in [0, 0.1) is 0 Å². The van der Waals surface area contributed by atoms with E-state index in [2.05, 4.69) is 15.9 Å². The van der Waals surface area contributed by atoms with Crippen molar-refractivity contribution in [3.8, 4) is 0 Å². The summed E-state index contributed by atoms with van der Waals surface area (Å²) in [5.74, 6) is -0.210. The van der Waals surface area contributed by atoms with Gasteiger partial charge in [-0.15, -0.1) is 5.06 Å². The van der Waals surface area contributed by atoms with Crippen molar-refractivity contribution >= 4 is 21.9 Å². The molecule has 1 aromatic carbocycles. The van der Waals surface area contributed by atoms with Gasteiger partial charge in [-0.05, 0) is 12.5 Å². The molecule has 0 aliphatic carbocycles. The van der Waals surface area contributed by atoms with E-state index in [0.717, 1.165) is 5.56 Å². The molecule has 0 unspecified atom stereocenters. The Kier molecular flexibility index (Phi) is 3.07. The Hall–Kier alpha value is -0.870. The van der Waals surface area contributed by atoms with Crippen LogP contribution in [0.3, 0.4) is 0 Å². The van der Waals surface area contributed by atoms with Gasteiger partial charge in [0.05, 0.1) is 12.6 Å². The maximum Gasteiger partial charge on any atom is 0.340 e. The largest absolute Gasteiger partial charge is 0.366 e. The van der Waals surface area contributed by atoms with Gasteiger partial charge in [-0.3, -0.25) is 0 Å². The number of hydroxylamine groups is 2. The van der Waals surface area contributed by atoms with Gasteiger partial charge in [0.1, 0.15) is 4.83 Å². The number of halogens is 1. The fraction of sp³-hybridized carbons (Fsp3) is 0.364. The summed E-state index contributed by atoms with van der Waals surface area (Å²) in [5, 5.41) is 1.71. The van der Waals surface area contributed by atoms with E-state index < -0.39 is 0 Å². The maximum absolute atomic E-state index is 11.3. The number of carbonyl (C=O) groups is 1. The molecule has 2 atom stereocenters. The Morgan fingerprint density at radius 2 is 2.07 bits per heavy atom. The summed E-state index contributed by atoms with van der Waals surface area (Å²) in [7, 11) is 0. The molecule has 3 nitrogen and oxygen atoms in total. The lowest BCUT2D eigenvalue weighted by molar-refractivity contribution is -0.176. The molecule has 2 rings (SSSR count). The predicted octanol–water partition coefficient (Wildman–Crippen LogP) is 2.11. The average molecular weight is 270 g/mol. The summed E-state index contributed by atoms with van der Waals surface area (Å²) >= 11 is 3.31. The second kappa shape index (κ2) is 4.33. The minimum atomic E-state index is -0.221. The molecule has 4 heteroatoms. The third kappa shape index (κ3) is 2.21. The van der Waals surface area contributed by atoms with Crippen molar-refractivity contribution in [2.75, 3.05) is 0 Å². The minimum absolute atomic E-state index is 0.0673. The van der Waals surface area contributed by atoms with Gasteiger partial charge in [0.25, 0.3) is 0 Å². The number of rotatable bonds is 2. The van der Waals surface area contributed by atoms with E-state index in [1.807, 2.05) is 37.3 Å². The zero-order valence-corrected chi connectivity index (χ0v) is 9.98. The van der Waals surface area contributed by atoms with Crippen LogP contribution in [0.25, 0.3) is 0 Å². The van der Waals surface area contributed by atoms with Gasteiger partial charge in [0.2, 0.25) is 0 Å². The van der Waals surface area contributed by atoms with Crippen molar-refractivity contribution in [1.82, 2.24) is 5.06 Å². The molecule has 0 radical (unpaired) electrons.